The molecule has 0 fully saturated rings. The quantitative estimate of drug-likeness (QED) is 0.901. The molecule has 0 radical (unpaired) electrons. The first-order valence-electron chi connectivity index (χ1n) is 5.42. The van der Waals surface area contributed by atoms with Crippen LogP contribution in [-0.4, -0.2) is 25.7 Å². The van der Waals surface area contributed by atoms with Crippen LogP contribution in [0.3, 0.4) is 0 Å². The lowest BCUT2D eigenvalue weighted by molar-refractivity contribution is 0.583. The van der Waals surface area contributed by atoms with E-state index in [0.29, 0.717) is 13.0 Å². The summed E-state index contributed by atoms with van der Waals surface area (Å²) in [4.78, 5) is 4.44. The maximum Gasteiger partial charge on any atom is 0.211 e. The van der Waals surface area contributed by atoms with Gasteiger partial charge in [0.15, 0.2) is 0 Å². The van der Waals surface area contributed by atoms with E-state index in [2.05, 4.69) is 9.71 Å². The van der Waals surface area contributed by atoms with E-state index in [1.54, 1.807) is 18.3 Å². The lowest BCUT2D eigenvalue weighted by Gasteiger charge is -2.01. The smallest absolute Gasteiger partial charge is 0.211 e. The van der Waals surface area contributed by atoms with E-state index >= 15 is 0 Å². The molecule has 4 nitrogen and oxygen atoms in total. The number of thiazole rings is 1. The molecule has 0 aliphatic carbocycles. The van der Waals surface area contributed by atoms with Crippen LogP contribution in [0.2, 0.25) is 0 Å². The number of benzene rings is 1. The molecule has 17 heavy (non-hydrogen) atoms. The molecule has 92 valence electrons. The Morgan fingerprint density at radius 1 is 1.35 bits per heavy atom. The van der Waals surface area contributed by atoms with E-state index in [0.717, 1.165) is 15.2 Å². The van der Waals surface area contributed by atoms with E-state index in [1.807, 2.05) is 24.3 Å². The van der Waals surface area contributed by atoms with E-state index in [1.165, 1.54) is 0 Å². The fraction of sp³-hybridized carbons (Fsp3) is 0.364. The third kappa shape index (κ3) is 3.24. The summed E-state index contributed by atoms with van der Waals surface area (Å²) in [5.74, 6) is 0.118. The van der Waals surface area contributed by atoms with E-state index in [9.17, 15) is 8.42 Å². The molecule has 0 aliphatic heterocycles. The molecule has 0 atom stereocenters. The zero-order chi connectivity index (χ0) is 12.3. The van der Waals surface area contributed by atoms with Crippen LogP contribution < -0.4 is 4.72 Å². The molecule has 0 spiro atoms. The van der Waals surface area contributed by atoms with Gasteiger partial charge in [-0.05, 0) is 19.1 Å². The number of hydrogen-bond acceptors (Lipinski definition) is 4. The third-order valence-corrected chi connectivity index (χ3v) is 4.88. The van der Waals surface area contributed by atoms with Gasteiger partial charge >= 0.3 is 0 Å². The molecule has 0 amide bonds. The molecule has 1 N–H and O–H groups in total. The molecular weight excluding hydrogens is 256 g/mol. The van der Waals surface area contributed by atoms with Gasteiger partial charge in [-0.1, -0.05) is 12.1 Å². The molecule has 2 rings (SSSR count). The number of para-hydroxylation sites is 1. The average Bonchev–Trinajstić information content (AvgIpc) is 2.71. The molecule has 0 aliphatic rings. The Balaban J connectivity index is 2.00. The molecule has 1 heterocycles. The van der Waals surface area contributed by atoms with E-state index in [-0.39, 0.29) is 5.75 Å². The largest absolute Gasteiger partial charge is 0.241 e. The Hall–Kier alpha value is -0.980. The van der Waals surface area contributed by atoms with Crippen LogP contribution in [0.1, 0.15) is 11.9 Å². The van der Waals surface area contributed by atoms with Crippen molar-refractivity contribution < 1.29 is 8.42 Å². The number of hydrogen-bond donors (Lipinski definition) is 1. The first kappa shape index (κ1) is 12.5. The van der Waals surface area contributed by atoms with Crippen LogP contribution in [-0.2, 0) is 16.4 Å². The van der Waals surface area contributed by atoms with Gasteiger partial charge in [-0.2, -0.15) is 0 Å². The summed E-state index contributed by atoms with van der Waals surface area (Å²) < 4.78 is 26.1. The van der Waals surface area contributed by atoms with Gasteiger partial charge in [0.2, 0.25) is 10.0 Å². The SMILES string of the molecule is CCS(=O)(=O)NCCc1nc2ccccc2s1. The summed E-state index contributed by atoms with van der Waals surface area (Å²) in [5, 5.41) is 0.963. The minimum Gasteiger partial charge on any atom is -0.241 e. The summed E-state index contributed by atoms with van der Waals surface area (Å²) in [6.07, 6.45) is 0.637. The Labute approximate surface area is 105 Å². The highest BCUT2D eigenvalue weighted by Gasteiger charge is 2.07. The number of nitrogens with one attached hydrogen (secondary N) is 1. The van der Waals surface area contributed by atoms with Gasteiger partial charge in [-0.15, -0.1) is 11.3 Å². The highest BCUT2D eigenvalue weighted by atomic mass is 32.2. The van der Waals surface area contributed by atoms with Crippen molar-refractivity contribution in [1.82, 2.24) is 9.71 Å². The fourth-order valence-electron chi connectivity index (χ4n) is 1.44. The first-order chi connectivity index (χ1) is 8.11. The molecule has 1 aromatic carbocycles. The van der Waals surface area contributed by atoms with E-state index < -0.39 is 10.0 Å². The van der Waals surface area contributed by atoms with Crippen molar-refractivity contribution in [3.8, 4) is 0 Å². The predicted molar refractivity (Wildman–Crippen MR) is 70.8 cm³/mol. The zero-order valence-electron chi connectivity index (χ0n) is 9.51. The lowest BCUT2D eigenvalue weighted by atomic mass is 10.3. The summed E-state index contributed by atoms with van der Waals surface area (Å²) in [6, 6.07) is 7.91. The number of sulfonamides is 1. The van der Waals surface area contributed by atoms with Crippen molar-refractivity contribution in [3.05, 3.63) is 29.3 Å². The summed E-state index contributed by atoms with van der Waals surface area (Å²) in [6.45, 7) is 2.04. The highest BCUT2D eigenvalue weighted by molar-refractivity contribution is 7.89. The highest BCUT2D eigenvalue weighted by Crippen LogP contribution is 2.21. The second-order valence-corrected chi connectivity index (χ2v) is 6.83. The maximum atomic E-state index is 11.2. The van der Waals surface area contributed by atoms with Gasteiger partial charge in [-0.3, -0.25) is 0 Å². The maximum absolute atomic E-state index is 11.2. The minimum atomic E-state index is -3.09. The molecule has 0 saturated heterocycles. The fourth-order valence-corrected chi connectivity index (χ4v) is 3.03. The van der Waals surface area contributed by atoms with Crippen molar-refractivity contribution in [2.24, 2.45) is 0 Å². The second-order valence-electron chi connectivity index (χ2n) is 3.62. The average molecular weight is 270 g/mol. The Kier molecular flexibility index (Phi) is 3.76. The van der Waals surface area contributed by atoms with Gasteiger partial charge in [0.25, 0.3) is 0 Å². The number of aromatic nitrogens is 1. The monoisotopic (exact) mass is 270 g/mol. The Morgan fingerprint density at radius 3 is 2.82 bits per heavy atom. The topological polar surface area (TPSA) is 59.1 Å². The van der Waals surface area contributed by atoms with Crippen LogP contribution >= 0.6 is 11.3 Å². The van der Waals surface area contributed by atoms with Crippen LogP contribution in [0.25, 0.3) is 10.2 Å². The van der Waals surface area contributed by atoms with Crippen LogP contribution in [0.4, 0.5) is 0 Å². The minimum absolute atomic E-state index is 0.118. The zero-order valence-corrected chi connectivity index (χ0v) is 11.1. The number of fused-ring (bicyclic) bond motifs is 1. The molecule has 2 aromatic rings. The molecule has 0 bridgehead atoms. The van der Waals surface area contributed by atoms with Crippen molar-refractivity contribution in [2.45, 2.75) is 13.3 Å². The second kappa shape index (κ2) is 5.12. The van der Waals surface area contributed by atoms with E-state index in [4.69, 9.17) is 0 Å². The van der Waals surface area contributed by atoms with Crippen LogP contribution in [0.5, 0.6) is 0 Å². The third-order valence-electron chi connectivity index (χ3n) is 2.38. The van der Waals surface area contributed by atoms with Gasteiger partial charge in [0.05, 0.1) is 21.0 Å². The first-order valence-corrected chi connectivity index (χ1v) is 7.89. The molecule has 6 heteroatoms. The van der Waals surface area contributed by atoms with Gasteiger partial charge in [0, 0.05) is 13.0 Å². The Morgan fingerprint density at radius 2 is 2.12 bits per heavy atom. The normalized spacial score (nSPS) is 12.1. The molecule has 1 aromatic heterocycles. The van der Waals surface area contributed by atoms with Crippen LogP contribution in [0.15, 0.2) is 24.3 Å². The van der Waals surface area contributed by atoms with Crippen LogP contribution in [0, 0.1) is 0 Å². The summed E-state index contributed by atoms with van der Waals surface area (Å²) >= 11 is 1.61. The molecule has 0 saturated carbocycles. The van der Waals surface area contributed by atoms with Crippen molar-refractivity contribution >= 4 is 31.6 Å². The van der Waals surface area contributed by atoms with Gasteiger partial charge in [-0.25, -0.2) is 18.1 Å². The Bertz CT molecular complexity index is 572. The number of rotatable bonds is 5. The van der Waals surface area contributed by atoms with Crippen molar-refractivity contribution in [1.29, 1.82) is 0 Å². The summed E-state index contributed by atoms with van der Waals surface area (Å²) in [7, 11) is -3.09. The standard InChI is InChI=1S/C11H14N2O2S2/c1-2-17(14,15)12-8-7-11-13-9-5-3-4-6-10(9)16-11/h3-6,12H,2,7-8H2,1H3. The van der Waals surface area contributed by atoms with Gasteiger partial charge < -0.3 is 0 Å². The number of nitrogens with zero attached hydrogens (tertiary/aromatic N) is 1. The molecular formula is C11H14N2O2S2. The van der Waals surface area contributed by atoms with Gasteiger partial charge in [0.1, 0.15) is 0 Å². The summed E-state index contributed by atoms with van der Waals surface area (Å²) in [5.41, 5.74) is 0.978. The molecule has 0 unspecified atom stereocenters. The predicted octanol–water partition coefficient (Wildman–Crippen LogP) is 1.78. The van der Waals surface area contributed by atoms with Crippen molar-refractivity contribution in [3.63, 3.8) is 0 Å². The van der Waals surface area contributed by atoms with Crippen molar-refractivity contribution in [2.75, 3.05) is 12.3 Å². The lowest BCUT2D eigenvalue weighted by Crippen LogP contribution is -2.27.